The van der Waals surface area contributed by atoms with E-state index in [1.54, 1.807) is 6.07 Å². The predicted octanol–water partition coefficient (Wildman–Crippen LogP) is 4.94. The van der Waals surface area contributed by atoms with Crippen molar-refractivity contribution in [1.82, 2.24) is 0 Å². The van der Waals surface area contributed by atoms with Gasteiger partial charge in [0.1, 0.15) is 6.61 Å². The molecule has 1 aliphatic carbocycles. The number of ether oxygens (including phenoxy) is 1. The quantitative estimate of drug-likeness (QED) is 0.816. The smallest absolute Gasteiger partial charge is 0.224 e. The summed E-state index contributed by atoms with van der Waals surface area (Å²) in [6, 6.07) is 10.8. The zero-order chi connectivity index (χ0) is 17.1. The van der Waals surface area contributed by atoms with Gasteiger partial charge in [0.05, 0.1) is 0 Å². The lowest BCUT2D eigenvalue weighted by molar-refractivity contribution is -0.115. The van der Waals surface area contributed by atoms with Crippen molar-refractivity contribution < 1.29 is 13.9 Å². The van der Waals surface area contributed by atoms with Crippen LogP contribution in [0.2, 0.25) is 0 Å². The first-order valence-corrected chi connectivity index (χ1v) is 8.39. The van der Waals surface area contributed by atoms with E-state index in [1.807, 2.05) is 32.0 Å². The molecule has 0 atom stereocenters. The number of hydrogen-bond donors (Lipinski definition) is 1. The van der Waals surface area contributed by atoms with Crippen LogP contribution in [0.25, 0.3) is 0 Å². The van der Waals surface area contributed by atoms with E-state index in [0.29, 0.717) is 12.3 Å². The molecule has 4 heteroatoms. The van der Waals surface area contributed by atoms with Gasteiger partial charge in [-0.15, -0.1) is 0 Å². The first-order valence-electron chi connectivity index (χ1n) is 8.39. The second-order valence-electron chi connectivity index (χ2n) is 6.27. The largest absolute Gasteiger partial charge is 0.486 e. The van der Waals surface area contributed by atoms with Gasteiger partial charge in [0.2, 0.25) is 5.91 Å². The molecular weight excluding hydrogens is 305 g/mol. The molecule has 0 bridgehead atoms. The fraction of sp³-hybridized carbons (Fsp3) is 0.350. The van der Waals surface area contributed by atoms with Gasteiger partial charge in [-0.25, -0.2) is 4.39 Å². The third-order valence-corrected chi connectivity index (χ3v) is 4.28. The summed E-state index contributed by atoms with van der Waals surface area (Å²) >= 11 is 0. The Labute approximate surface area is 141 Å². The number of rotatable bonds is 6. The van der Waals surface area contributed by atoms with E-state index in [1.165, 1.54) is 11.6 Å². The molecule has 24 heavy (non-hydrogen) atoms. The van der Waals surface area contributed by atoms with Crippen molar-refractivity contribution in [2.45, 2.75) is 45.6 Å². The molecule has 1 aliphatic rings. The van der Waals surface area contributed by atoms with Crippen molar-refractivity contribution in [1.29, 1.82) is 0 Å². The van der Waals surface area contributed by atoms with Crippen LogP contribution in [-0.4, -0.2) is 5.91 Å². The Balaban J connectivity index is 1.85. The maximum absolute atomic E-state index is 14.0. The number of anilines is 1. The lowest BCUT2D eigenvalue weighted by Crippen LogP contribution is -2.13. The summed E-state index contributed by atoms with van der Waals surface area (Å²) in [6.07, 6.45) is 2.72. The van der Waals surface area contributed by atoms with E-state index in [2.05, 4.69) is 11.4 Å². The topological polar surface area (TPSA) is 38.3 Å². The molecule has 1 saturated carbocycles. The summed E-state index contributed by atoms with van der Waals surface area (Å²) in [5.74, 6) is 0.354. The molecule has 0 spiro atoms. The number of halogens is 1. The van der Waals surface area contributed by atoms with Gasteiger partial charge in [-0.1, -0.05) is 25.1 Å². The Morgan fingerprint density at radius 3 is 2.75 bits per heavy atom. The Kier molecular flexibility index (Phi) is 4.84. The molecule has 2 aromatic carbocycles. The Bertz CT molecular complexity index is 753. The Hall–Kier alpha value is -2.36. The van der Waals surface area contributed by atoms with Crippen LogP contribution in [-0.2, 0) is 11.4 Å². The molecule has 0 saturated heterocycles. The molecule has 3 rings (SSSR count). The maximum Gasteiger partial charge on any atom is 0.224 e. The lowest BCUT2D eigenvalue weighted by atomic mass is 10.0. The van der Waals surface area contributed by atoms with Gasteiger partial charge < -0.3 is 10.1 Å². The average molecular weight is 327 g/mol. The average Bonchev–Trinajstić information content (AvgIpc) is 3.39. The van der Waals surface area contributed by atoms with Crippen molar-refractivity contribution >= 4 is 11.6 Å². The summed E-state index contributed by atoms with van der Waals surface area (Å²) in [7, 11) is 0. The monoisotopic (exact) mass is 327 g/mol. The van der Waals surface area contributed by atoms with Gasteiger partial charge in [0.15, 0.2) is 11.6 Å². The number of nitrogens with one attached hydrogen (secondary N) is 1. The fourth-order valence-electron chi connectivity index (χ4n) is 2.77. The third kappa shape index (κ3) is 3.75. The zero-order valence-corrected chi connectivity index (χ0v) is 14.1. The van der Waals surface area contributed by atoms with E-state index in [9.17, 15) is 9.18 Å². The van der Waals surface area contributed by atoms with Crippen molar-refractivity contribution in [2.75, 3.05) is 5.32 Å². The fourth-order valence-corrected chi connectivity index (χ4v) is 2.77. The zero-order valence-electron chi connectivity index (χ0n) is 14.1. The van der Waals surface area contributed by atoms with E-state index in [4.69, 9.17) is 4.74 Å². The first kappa shape index (κ1) is 16.5. The summed E-state index contributed by atoms with van der Waals surface area (Å²) in [4.78, 5) is 11.8. The standard InChI is InChI=1S/C20H22FNO2/c1-3-20(23)22-18-6-4-5-15(14-8-9-14)16(18)12-24-19-10-7-13(2)11-17(19)21/h4-7,10-11,14H,3,8-9,12H2,1-2H3,(H,22,23). The van der Waals surface area contributed by atoms with E-state index >= 15 is 0 Å². The molecule has 0 unspecified atom stereocenters. The first-order chi connectivity index (χ1) is 11.6. The minimum Gasteiger partial charge on any atom is -0.486 e. The highest BCUT2D eigenvalue weighted by molar-refractivity contribution is 5.91. The van der Waals surface area contributed by atoms with E-state index in [-0.39, 0.29) is 24.1 Å². The van der Waals surface area contributed by atoms with Gasteiger partial charge in [0.25, 0.3) is 0 Å². The lowest BCUT2D eigenvalue weighted by Gasteiger charge is -2.16. The second-order valence-corrected chi connectivity index (χ2v) is 6.27. The number of benzene rings is 2. The van der Waals surface area contributed by atoms with Crippen LogP contribution in [0.4, 0.5) is 10.1 Å². The second kappa shape index (κ2) is 7.04. The molecule has 126 valence electrons. The third-order valence-electron chi connectivity index (χ3n) is 4.28. The molecular formula is C20H22FNO2. The van der Waals surface area contributed by atoms with Crippen molar-refractivity contribution in [2.24, 2.45) is 0 Å². The van der Waals surface area contributed by atoms with Crippen LogP contribution in [0.3, 0.4) is 0 Å². The molecule has 3 nitrogen and oxygen atoms in total. The Morgan fingerprint density at radius 1 is 1.29 bits per heavy atom. The number of hydrogen-bond acceptors (Lipinski definition) is 2. The Morgan fingerprint density at radius 2 is 2.08 bits per heavy atom. The summed E-state index contributed by atoms with van der Waals surface area (Å²) < 4.78 is 19.7. The maximum atomic E-state index is 14.0. The predicted molar refractivity (Wildman–Crippen MR) is 92.8 cm³/mol. The molecule has 0 aliphatic heterocycles. The van der Waals surface area contributed by atoms with Gasteiger partial charge in [-0.05, 0) is 55.0 Å². The van der Waals surface area contributed by atoms with Crippen molar-refractivity contribution in [3.63, 3.8) is 0 Å². The molecule has 0 radical (unpaired) electrons. The summed E-state index contributed by atoms with van der Waals surface area (Å²) in [5, 5.41) is 2.93. The van der Waals surface area contributed by atoms with Gasteiger partial charge in [0, 0.05) is 17.7 Å². The van der Waals surface area contributed by atoms with E-state index < -0.39 is 0 Å². The summed E-state index contributed by atoms with van der Waals surface area (Å²) in [5.41, 5.74) is 3.76. The van der Waals surface area contributed by atoms with Crippen LogP contribution < -0.4 is 10.1 Å². The van der Waals surface area contributed by atoms with E-state index in [0.717, 1.165) is 29.7 Å². The molecule has 1 amide bonds. The van der Waals surface area contributed by atoms with Crippen LogP contribution >= 0.6 is 0 Å². The van der Waals surface area contributed by atoms with Crippen LogP contribution in [0.5, 0.6) is 5.75 Å². The highest BCUT2D eigenvalue weighted by Gasteiger charge is 2.27. The van der Waals surface area contributed by atoms with Crippen molar-refractivity contribution in [3.8, 4) is 5.75 Å². The molecule has 1 N–H and O–H groups in total. The van der Waals surface area contributed by atoms with Crippen LogP contribution in [0.15, 0.2) is 36.4 Å². The van der Waals surface area contributed by atoms with Crippen LogP contribution in [0.1, 0.15) is 48.8 Å². The number of amides is 1. The van der Waals surface area contributed by atoms with Gasteiger partial charge >= 0.3 is 0 Å². The highest BCUT2D eigenvalue weighted by atomic mass is 19.1. The summed E-state index contributed by atoms with van der Waals surface area (Å²) in [6.45, 7) is 3.90. The van der Waals surface area contributed by atoms with Gasteiger partial charge in [-0.3, -0.25) is 4.79 Å². The van der Waals surface area contributed by atoms with Gasteiger partial charge in [-0.2, -0.15) is 0 Å². The normalized spacial score (nSPS) is 13.6. The molecule has 0 heterocycles. The van der Waals surface area contributed by atoms with Crippen molar-refractivity contribution in [3.05, 3.63) is 58.9 Å². The highest BCUT2D eigenvalue weighted by Crippen LogP contribution is 2.43. The SMILES string of the molecule is CCC(=O)Nc1cccc(C2CC2)c1COc1ccc(C)cc1F. The molecule has 2 aromatic rings. The molecule has 1 fully saturated rings. The minimum absolute atomic E-state index is 0.0364. The number of carbonyl (C=O) groups is 1. The van der Waals surface area contributed by atoms with Crippen LogP contribution in [0, 0.1) is 12.7 Å². The number of carbonyl (C=O) groups excluding carboxylic acids is 1. The minimum atomic E-state index is -0.363. The number of aryl methyl sites for hydroxylation is 1. The molecule has 0 aromatic heterocycles.